The maximum absolute atomic E-state index is 12.7. The second-order valence-electron chi connectivity index (χ2n) is 9.19. The van der Waals surface area contributed by atoms with Crippen molar-refractivity contribution >= 4 is 35.0 Å². The van der Waals surface area contributed by atoms with Gasteiger partial charge in [0.25, 0.3) is 23.6 Å². The van der Waals surface area contributed by atoms with Crippen LogP contribution >= 0.6 is 11.3 Å². The lowest BCUT2D eigenvalue weighted by Gasteiger charge is -2.31. The van der Waals surface area contributed by atoms with E-state index in [4.69, 9.17) is 4.74 Å². The van der Waals surface area contributed by atoms with Crippen LogP contribution in [0.4, 0.5) is 0 Å². The van der Waals surface area contributed by atoms with Crippen LogP contribution in [0.5, 0.6) is 5.75 Å². The number of benzene rings is 2. The largest absolute Gasteiger partial charge is 0.484 e. The highest BCUT2D eigenvalue weighted by Crippen LogP contribution is 2.31. The predicted molar refractivity (Wildman–Crippen MR) is 136 cm³/mol. The van der Waals surface area contributed by atoms with Crippen molar-refractivity contribution in [1.29, 1.82) is 0 Å². The standard InChI is InChI=1S/C27H26N4O5S/c1-16-7-8-19(13-17(16)2)36-14-23(32)30-11-9-18(10-12-30)25-28-22(15-37-25)24(33)29-31-26(34)20-5-3-4-6-21(20)27(31)35/h3-8,13,15,18H,9-12,14H2,1-2H3,(H,29,33). The minimum absolute atomic E-state index is 0.00739. The van der Waals surface area contributed by atoms with E-state index in [1.165, 1.54) is 16.9 Å². The first-order valence-electron chi connectivity index (χ1n) is 12.0. The van der Waals surface area contributed by atoms with E-state index in [9.17, 15) is 19.2 Å². The molecule has 3 aromatic rings. The number of hydrazine groups is 1. The summed E-state index contributed by atoms with van der Waals surface area (Å²) in [7, 11) is 0. The lowest BCUT2D eigenvalue weighted by Crippen LogP contribution is -2.46. The fraction of sp³-hybridized carbons (Fsp3) is 0.296. The van der Waals surface area contributed by atoms with Crippen LogP contribution in [0.25, 0.3) is 0 Å². The van der Waals surface area contributed by atoms with Crippen molar-refractivity contribution in [2.45, 2.75) is 32.6 Å². The first-order valence-corrected chi connectivity index (χ1v) is 12.9. The Morgan fingerprint density at radius 1 is 1.03 bits per heavy atom. The zero-order valence-corrected chi connectivity index (χ0v) is 21.3. The fourth-order valence-electron chi connectivity index (χ4n) is 4.44. The van der Waals surface area contributed by atoms with Crippen LogP contribution in [0.2, 0.25) is 0 Å². The van der Waals surface area contributed by atoms with E-state index in [-0.39, 0.29) is 35.3 Å². The van der Waals surface area contributed by atoms with Crippen LogP contribution < -0.4 is 10.2 Å². The number of nitrogens with zero attached hydrogens (tertiary/aromatic N) is 3. The second kappa shape index (κ2) is 10.1. The summed E-state index contributed by atoms with van der Waals surface area (Å²) in [5.41, 5.74) is 5.34. The summed E-state index contributed by atoms with van der Waals surface area (Å²) in [6, 6.07) is 12.2. The average Bonchev–Trinajstić information content (AvgIpc) is 3.50. The number of rotatable bonds is 6. The van der Waals surface area contributed by atoms with Crippen LogP contribution in [0, 0.1) is 13.8 Å². The number of thiazole rings is 1. The third-order valence-corrected chi connectivity index (χ3v) is 7.81. The topological polar surface area (TPSA) is 109 Å². The molecule has 0 unspecified atom stereocenters. The molecule has 1 saturated heterocycles. The van der Waals surface area contributed by atoms with E-state index in [0.29, 0.717) is 18.8 Å². The summed E-state index contributed by atoms with van der Waals surface area (Å²) in [6.07, 6.45) is 1.45. The van der Waals surface area contributed by atoms with Crippen molar-refractivity contribution in [3.8, 4) is 5.75 Å². The van der Waals surface area contributed by atoms with Gasteiger partial charge in [-0.25, -0.2) is 4.98 Å². The minimum atomic E-state index is -0.617. The van der Waals surface area contributed by atoms with E-state index in [0.717, 1.165) is 28.4 Å². The molecule has 1 aromatic heterocycles. The summed E-state index contributed by atoms with van der Waals surface area (Å²) >= 11 is 1.36. The van der Waals surface area contributed by atoms with Gasteiger partial charge in [-0.2, -0.15) is 5.01 Å². The molecular weight excluding hydrogens is 492 g/mol. The third kappa shape index (κ3) is 4.97. The number of nitrogens with one attached hydrogen (secondary N) is 1. The van der Waals surface area contributed by atoms with Crippen molar-refractivity contribution in [3.05, 3.63) is 80.8 Å². The molecule has 0 bridgehead atoms. The number of fused-ring (bicyclic) bond motifs is 1. The molecule has 9 nitrogen and oxygen atoms in total. The number of amides is 4. The second-order valence-corrected chi connectivity index (χ2v) is 10.1. The number of carbonyl (C=O) groups excluding carboxylic acids is 4. The molecule has 3 heterocycles. The summed E-state index contributed by atoms with van der Waals surface area (Å²) < 4.78 is 5.69. The van der Waals surface area contributed by atoms with Crippen molar-refractivity contribution in [2.24, 2.45) is 0 Å². The number of likely N-dealkylation sites (tertiary alicyclic amines) is 1. The highest BCUT2D eigenvalue weighted by Gasteiger charge is 2.37. The monoisotopic (exact) mass is 518 g/mol. The van der Waals surface area contributed by atoms with Gasteiger partial charge in [-0.05, 0) is 62.1 Å². The van der Waals surface area contributed by atoms with Gasteiger partial charge in [0.2, 0.25) is 0 Å². The zero-order valence-electron chi connectivity index (χ0n) is 20.5. The number of imide groups is 1. The van der Waals surface area contributed by atoms with E-state index in [1.54, 1.807) is 34.5 Å². The molecule has 10 heteroatoms. The molecule has 0 atom stereocenters. The molecule has 2 aliphatic rings. The molecule has 2 aliphatic heterocycles. The van der Waals surface area contributed by atoms with E-state index in [2.05, 4.69) is 10.4 Å². The van der Waals surface area contributed by atoms with Crippen LogP contribution in [-0.4, -0.2) is 58.2 Å². The van der Waals surface area contributed by atoms with Gasteiger partial charge in [0.15, 0.2) is 6.61 Å². The Balaban J connectivity index is 1.13. The van der Waals surface area contributed by atoms with Gasteiger partial charge < -0.3 is 9.64 Å². The molecule has 4 amide bonds. The SMILES string of the molecule is Cc1ccc(OCC(=O)N2CCC(c3nc(C(=O)NN4C(=O)c5ccccc5C4=O)cs3)CC2)cc1C. The Bertz CT molecular complexity index is 1360. The van der Waals surface area contributed by atoms with Crippen molar-refractivity contribution in [1.82, 2.24) is 20.3 Å². The molecule has 37 heavy (non-hydrogen) atoms. The van der Waals surface area contributed by atoms with Crippen molar-refractivity contribution in [3.63, 3.8) is 0 Å². The molecule has 0 saturated carbocycles. The number of carbonyl (C=O) groups is 4. The molecule has 0 spiro atoms. The Morgan fingerprint density at radius 3 is 2.35 bits per heavy atom. The Hall–Kier alpha value is -4.05. The molecule has 0 radical (unpaired) electrons. The van der Waals surface area contributed by atoms with Gasteiger partial charge in [0.05, 0.1) is 16.1 Å². The molecule has 1 N–H and O–H groups in total. The molecule has 0 aliphatic carbocycles. The van der Waals surface area contributed by atoms with Crippen LogP contribution in [0.15, 0.2) is 47.8 Å². The predicted octanol–water partition coefficient (Wildman–Crippen LogP) is 3.49. The fourth-order valence-corrected chi connectivity index (χ4v) is 5.42. The Morgan fingerprint density at radius 2 is 1.70 bits per heavy atom. The highest BCUT2D eigenvalue weighted by molar-refractivity contribution is 7.09. The van der Waals surface area contributed by atoms with E-state index in [1.807, 2.05) is 32.0 Å². The molecular formula is C27H26N4O5S. The number of hydrogen-bond donors (Lipinski definition) is 1. The maximum atomic E-state index is 12.7. The Labute approximate surface area is 218 Å². The van der Waals surface area contributed by atoms with Crippen LogP contribution in [0.3, 0.4) is 0 Å². The normalized spacial score (nSPS) is 15.6. The van der Waals surface area contributed by atoms with Gasteiger partial charge >= 0.3 is 0 Å². The number of piperidine rings is 1. The van der Waals surface area contributed by atoms with Gasteiger partial charge in [0, 0.05) is 24.4 Å². The number of aryl methyl sites for hydroxylation is 2. The molecule has 1 fully saturated rings. The smallest absolute Gasteiger partial charge is 0.289 e. The average molecular weight is 519 g/mol. The number of hydrogen-bond acceptors (Lipinski definition) is 7. The summed E-state index contributed by atoms with van der Waals surface area (Å²) in [6.45, 7) is 5.19. The van der Waals surface area contributed by atoms with Crippen LogP contribution in [-0.2, 0) is 4.79 Å². The first kappa shape index (κ1) is 24.6. The maximum Gasteiger partial charge on any atom is 0.289 e. The number of aromatic nitrogens is 1. The van der Waals surface area contributed by atoms with Crippen LogP contribution in [0.1, 0.15) is 66.1 Å². The van der Waals surface area contributed by atoms with Gasteiger partial charge in [-0.3, -0.25) is 24.6 Å². The number of ether oxygens (including phenoxy) is 1. The van der Waals surface area contributed by atoms with E-state index < -0.39 is 17.7 Å². The Kier molecular flexibility index (Phi) is 6.75. The van der Waals surface area contributed by atoms with Gasteiger partial charge in [-0.15, -0.1) is 11.3 Å². The third-order valence-electron chi connectivity index (χ3n) is 6.80. The zero-order chi connectivity index (χ0) is 26.1. The van der Waals surface area contributed by atoms with Crippen molar-refractivity contribution < 1.29 is 23.9 Å². The summed E-state index contributed by atoms with van der Waals surface area (Å²) in [4.78, 5) is 56.6. The molecule has 5 rings (SSSR count). The van der Waals surface area contributed by atoms with Gasteiger partial charge in [-0.1, -0.05) is 18.2 Å². The quantitative estimate of drug-likeness (QED) is 0.501. The minimum Gasteiger partial charge on any atom is -0.484 e. The summed E-state index contributed by atoms with van der Waals surface area (Å²) in [5, 5.41) is 3.15. The summed E-state index contributed by atoms with van der Waals surface area (Å²) in [5.74, 6) is -1.01. The van der Waals surface area contributed by atoms with E-state index >= 15 is 0 Å². The van der Waals surface area contributed by atoms with Gasteiger partial charge in [0.1, 0.15) is 11.4 Å². The first-order chi connectivity index (χ1) is 17.8. The molecule has 190 valence electrons. The lowest BCUT2D eigenvalue weighted by molar-refractivity contribution is -0.134. The highest BCUT2D eigenvalue weighted by atomic mass is 32.1. The molecule has 2 aromatic carbocycles. The lowest BCUT2D eigenvalue weighted by atomic mass is 9.97. The van der Waals surface area contributed by atoms with Crippen molar-refractivity contribution in [2.75, 3.05) is 19.7 Å².